The zero-order valence-corrected chi connectivity index (χ0v) is 10.2. The molecule has 0 amide bonds. The molecule has 0 saturated carbocycles. The highest BCUT2D eigenvalue weighted by atomic mass is 16.1. The lowest BCUT2D eigenvalue weighted by Gasteiger charge is -2.26. The summed E-state index contributed by atoms with van der Waals surface area (Å²) in [6.45, 7) is 8.33. The third kappa shape index (κ3) is 4.61. The number of carbonyl (C=O) groups excluding carboxylic acids is 1. The predicted octanol–water partition coefficient (Wildman–Crippen LogP) is 2.64. The Balaban J connectivity index is 2.42. The Bertz CT molecular complexity index is 235. The highest BCUT2D eigenvalue weighted by Gasteiger charge is 2.19. The summed E-state index contributed by atoms with van der Waals surface area (Å²) in [6.07, 6.45) is 7.60. The smallest absolute Gasteiger partial charge is 0.152 e. The van der Waals surface area contributed by atoms with Crippen LogP contribution in [0.25, 0.3) is 0 Å². The SMILES string of the molecule is CC(=O)/C=C/CN1CCCC(C)CC1C. The van der Waals surface area contributed by atoms with Gasteiger partial charge in [0.15, 0.2) is 5.78 Å². The van der Waals surface area contributed by atoms with Crippen LogP contribution in [0.15, 0.2) is 12.2 Å². The Morgan fingerprint density at radius 2 is 2.20 bits per heavy atom. The summed E-state index contributed by atoms with van der Waals surface area (Å²) in [4.78, 5) is 13.3. The van der Waals surface area contributed by atoms with Gasteiger partial charge in [-0.2, -0.15) is 0 Å². The highest BCUT2D eigenvalue weighted by molar-refractivity contribution is 5.87. The molecule has 86 valence electrons. The number of allylic oxidation sites excluding steroid dienone is 1. The van der Waals surface area contributed by atoms with Gasteiger partial charge in [-0.3, -0.25) is 9.69 Å². The van der Waals surface area contributed by atoms with Gasteiger partial charge in [-0.15, -0.1) is 0 Å². The summed E-state index contributed by atoms with van der Waals surface area (Å²) in [5.41, 5.74) is 0. The number of rotatable bonds is 3. The first-order valence-electron chi connectivity index (χ1n) is 6.00. The molecular weight excluding hydrogens is 186 g/mol. The van der Waals surface area contributed by atoms with Crippen molar-refractivity contribution in [3.8, 4) is 0 Å². The van der Waals surface area contributed by atoms with E-state index in [9.17, 15) is 4.79 Å². The zero-order valence-electron chi connectivity index (χ0n) is 10.2. The zero-order chi connectivity index (χ0) is 11.3. The first-order valence-corrected chi connectivity index (χ1v) is 6.00. The van der Waals surface area contributed by atoms with E-state index in [1.807, 2.05) is 6.08 Å². The fraction of sp³-hybridized carbons (Fsp3) is 0.769. The van der Waals surface area contributed by atoms with Crippen molar-refractivity contribution in [1.29, 1.82) is 0 Å². The molecule has 2 atom stereocenters. The maximum absolute atomic E-state index is 10.8. The average molecular weight is 209 g/mol. The maximum Gasteiger partial charge on any atom is 0.152 e. The van der Waals surface area contributed by atoms with Gasteiger partial charge in [0.1, 0.15) is 0 Å². The number of likely N-dealkylation sites (tertiary alicyclic amines) is 1. The van der Waals surface area contributed by atoms with E-state index < -0.39 is 0 Å². The van der Waals surface area contributed by atoms with E-state index in [-0.39, 0.29) is 5.78 Å². The second-order valence-corrected chi connectivity index (χ2v) is 4.84. The van der Waals surface area contributed by atoms with E-state index in [2.05, 4.69) is 18.7 Å². The molecule has 2 unspecified atom stereocenters. The molecule has 2 nitrogen and oxygen atoms in total. The van der Waals surface area contributed by atoms with Crippen LogP contribution in [0.5, 0.6) is 0 Å². The largest absolute Gasteiger partial charge is 0.297 e. The number of nitrogens with zero attached hydrogens (tertiary/aromatic N) is 1. The van der Waals surface area contributed by atoms with E-state index in [1.165, 1.54) is 25.8 Å². The minimum atomic E-state index is 0.144. The van der Waals surface area contributed by atoms with E-state index in [0.29, 0.717) is 6.04 Å². The number of hydrogen-bond acceptors (Lipinski definition) is 2. The number of hydrogen-bond donors (Lipinski definition) is 0. The molecule has 15 heavy (non-hydrogen) atoms. The molecule has 0 aromatic rings. The van der Waals surface area contributed by atoms with Gasteiger partial charge in [-0.1, -0.05) is 13.0 Å². The fourth-order valence-electron chi connectivity index (χ4n) is 2.34. The standard InChI is InChI=1S/C13H23NO/c1-11-6-4-8-14(12(2)10-11)9-5-7-13(3)15/h5,7,11-12H,4,6,8-10H2,1-3H3/b7-5+. The summed E-state index contributed by atoms with van der Waals surface area (Å²) < 4.78 is 0. The highest BCUT2D eigenvalue weighted by Crippen LogP contribution is 2.21. The Morgan fingerprint density at radius 3 is 2.87 bits per heavy atom. The van der Waals surface area contributed by atoms with E-state index >= 15 is 0 Å². The van der Waals surface area contributed by atoms with Gasteiger partial charge < -0.3 is 0 Å². The van der Waals surface area contributed by atoms with Crippen LogP contribution in [0, 0.1) is 5.92 Å². The van der Waals surface area contributed by atoms with Crippen molar-refractivity contribution in [1.82, 2.24) is 4.90 Å². The lowest BCUT2D eigenvalue weighted by atomic mass is 10.00. The first kappa shape index (κ1) is 12.4. The molecule has 0 bridgehead atoms. The summed E-state index contributed by atoms with van der Waals surface area (Å²) in [6, 6.07) is 0.652. The summed E-state index contributed by atoms with van der Waals surface area (Å²) in [5, 5.41) is 0. The Kier molecular flexibility index (Phi) is 5.03. The molecule has 0 aromatic carbocycles. The third-order valence-electron chi connectivity index (χ3n) is 3.20. The van der Waals surface area contributed by atoms with Crippen molar-refractivity contribution in [2.75, 3.05) is 13.1 Å². The Morgan fingerprint density at radius 1 is 1.47 bits per heavy atom. The molecule has 0 spiro atoms. The van der Waals surface area contributed by atoms with Crippen LogP contribution >= 0.6 is 0 Å². The minimum absolute atomic E-state index is 0.144. The molecule has 0 aromatic heterocycles. The lowest BCUT2D eigenvalue weighted by molar-refractivity contribution is -0.112. The lowest BCUT2D eigenvalue weighted by Crippen LogP contribution is -2.33. The van der Waals surface area contributed by atoms with E-state index in [1.54, 1.807) is 13.0 Å². The van der Waals surface area contributed by atoms with Gasteiger partial charge in [0, 0.05) is 12.6 Å². The predicted molar refractivity (Wildman–Crippen MR) is 63.9 cm³/mol. The normalized spacial score (nSPS) is 29.3. The molecule has 0 N–H and O–H groups in total. The molecule has 0 radical (unpaired) electrons. The monoisotopic (exact) mass is 209 g/mol. The van der Waals surface area contributed by atoms with Crippen molar-refractivity contribution in [3.05, 3.63) is 12.2 Å². The van der Waals surface area contributed by atoms with Crippen LogP contribution in [0.1, 0.15) is 40.0 Å². The van der Waals surface area contributed by atoms with Crippen LogP contribution in [0.2, 0.25) is 0 Å². The van der Waals surface area contributed by atoms with Crippen molar-refractivity contribution in [2.24, 2.45) is 5.92 Å². The maximum atomic E-state index is 10.8. The first-order chi connectivity index (χ1) is 7.09. The van der Waals surface area contributed by atoms with Crippen LogP contribution in [0.4, 0.5) is 0 Å². The van der Waals surface area contributed by atoms with Gasteiger partial charge in [-0.25, -0.2) is 0 Å². The van der Waals surface area contributed by atoms with Crippen LogP contribution < -0.4 is 0 Å². The minimum Gasteiger partial charge on any atom is -0.297 e. The molecule has 2 heteroatoms. The van der Waals surface area contributed by atoms with Crippen LogP contribution in [-0.4, -0.2) is 29.8 Å². The van der Waals surface area contributed by atoms with E-state index in [4.69, 9.17) is 0 Å². The summed E-state index contributed by atoms with van der Waals surface area (Å²) >= 11 is 0. The molecule has 0 aliphatic carbocycles. The number of carbonyl (C=O) groups is 1. The van der Waals surface area contributed by atoms with Gasteiger partial charge in [0.05, 0.1) is 0 Å². The molecule has 1 saturated heterocycles. The van der Waals surface area contributed by atoms with Gasteiger partial charge >= 0.3 is 0 Å². The van der Waals surface area contributed by atoms with Gasteiger partial charge in [-0.05, 0) is 51.6 Å². The number of ketones is 1. The van der Waals surface area contributed by atoms with Crippen molar-refractivity contribution in [2.45, 2.75) is 46.1 Å². The second-order valence-electron chi connectivity index (χ2n) is 4.84. The van der Waals surface area contributed by atoms with Gasteiger partial charge in [0.2, 0.25) is 0 Å². The Hall–Kier alpha value is -0.630. The van der Waals surface area contributed by atoms with E-state index in [0.717, 1.165) is 12.5 Å². The van der Waals surface area contributed by atoms with Crippen molar-refractivity contribution in [3.63, 3.8) is 0 Å². The average Bonchev–Trinajstić information content (AvgIpc) is 2.28. The van der Waals surface area contributed by atoms with Crippen LogP contribution in [0.3, 0.4) is 0 Å². The van der Waals surface area contributed by atoms with Crippen molar-refractivity contribution < 1.29 is 4.79 Å². The molecule has 1 rings (SSSR count). The third-order valence-corrected chi connectivity index (χ3v) is 3.20. The molecule has 1 aliphatic heterocycles. The Labute approximate surface area is 93.3 Å². The quantitative estimate of drug-likeness (QED) is 0.666. The second kappa shape index (κ2) is 6.06. The van der Waals surface area contributed by atoms with Gasteiger partial charge in [0.25, 0.3) is 0 Å². The molecule has 1 aliphatic rings. The molecule has 1 heterocycles. The summed E-state index contributed by atoms with van der Waals surface area (Å²) in [7, 11) is 0. The van der Waals surface area contributed by atoms with Crippen LogP contribution in [-0.2, 0) is 4.79 Å². The van der Waals surface area contributed by atoms with Crippen molar-refractivity contribution >= 4 is 5.78 Å². The molecular formula is C13H23NO. The molecule has 1 fully saturated rings. The topological polar surface area (TPSA) is 20.3 Å². The fourth-order valence-corrected chi connectivity index (χ4v) is 2.34. The summed E-state index contributed by atoms with van der Waals surface area (Å²) in [5.74, 6) is 0.993.